The van der Waals surface area contributed by atoms with Gasteiger partial charge in [-0.1, -0.05) is 0 Å². The monoisotopic (exact) mass is 256 g/mol. The summed E-state index contributed by atoms with van der Waals surface area (Å²) in [5.41, 5.74) is 0.285. The summed E-state index contributed by atoms with van der Waals surface area (Å²) < 4.78 is 1.29. The molecule has 100 valence electrons. The van der Waals surface area contributed by atoms with E-state index in [2.05, 4.69) is 15.3 Å². The number of hydrogen-bond donors (Lipinski definition) is 3. The minimum absolute atomic E-state index is 0.00493. The summed E-state index contributed by atoms with van der Waals surface area (Å²) in [7, 11) is 0. The van der Waals surface area contributed by atoms with Gasteiger partial charge in [0, 0.05) is 13.0 Å². The number of azo groups is 1. The van der Waals surface area contributed by atoms with Crippen molar-refractivity contribution in [1.82, 2.24) is 9.78 Å². The summed E-state index contributed by atoms with van der Waals surface area (Å²) in [5, 5.41) is 27.4. The summed E-state index contributed by atoms with van der Waals surface area (Å²) >= 11 is 0. The second-order valence-corrected chi connectivity index (χ2v) is 3.89. The molecule has 0 fully saturated rings. The molecule has 0 aliphatic carbocycles. The maximum atomic E-state index is 11.8. The van der Waals surface area contributed by atoms with Gasteiger partial charge in [-0.05, 0) is 20.3 Å². The molecule has 0 aliphatic rings. The lowest BCUT2D eigenvalue weighted by atomic mass is 10.3. The summed E-state index contributed by atoms with van der Waals surface area (Å²) in [6.07, 6.45) is -0.629. The van der Waals surface area contributed by atoms with Crippen LogP contribution in [0.15, 0.2) is 15.0 Å². The number of aliphatic carboxylic acids is 1. The third-order valence-electron chi connectivity index (χ3n) is 2.20. The fourth-order valence-corrected chi connectivity index (χ4v) is 1.40. The molecule has 0 amide bonds. The van der Waals surface area contributed by atoms with Gasteiger partial charge in [-0.25, -0.2) is 0 Å². The minimum atomic E-state index is -0.973. The van der Waals surface area contributed by atoms with E-state index in [1.165, 1.54) is 11.6 Å². The molecule has 1 unspecified atom stereocenters. The Kier molecular flexibility index (Phi) is 4.78. The van der Waals surface area contributed by atoms with Gasteiger partial charge in [0.1, 0.15) is 0 Å². The van der Waals surface area contributed by atoms with Crippen LogP contribution in [0.3, 0.4) is 0 Å². The van der Waals surface area contributed by atoms with Crippen LogP contribution < -0.4 is 5.56 Å². The van der Waals surface area contributed by atoms with Gasteiger partial charge in [-0.3, -0.25) is 19.4 Å². The molecule has 0 saturated heterocycles. The largest absolute Gasteiger partial charge is 0.481 e. The molecule has 8 nitrogen and oxygen atoms in total. The summed E-state index contributed by atoms with van der Waals surface area (Å²) in [6, 6.07) is 0. The van der Waals surface area contributed by atoms with Crippen molar-refractivity contribution in [3.63, 3.8) is 0 Å². The van der Waals surface area contributed by atoms with Gasteiger partial charge in [0.05, 0.1) is 5.69 Å². The molecule has 1 rings (SSSR count). The van der Waals surface area contributed by atoms with Crippen LogP contribution >= 0.6 is 0 Å². The van der Waals surface area contributed by atoms with Crippen LogP contribution in [-0.4, -0.2) is 32.2 Å². The zero-order valence-electron chi connectivity index (χ0n) is 10.3. The molecular weight excluding hydrogens is 240 g/mol. The maximum Gasteiger partial charge on any atom is 0.303 e. The summed E-state index contributed by atoms with van der Waals surface area (Å²) in [6.45, 7) is 3.36. The number of nitrogens with one attached hydrogen (secondary N) is 1. The highest BCUT2D eigenvalue weighted by atomic mass is 16.4. The van der Waals surface area contributed by atoms with Crippen molar-refractivity contribution in [2.24, 2.45) is 10.2 Å². The molecule has 0 aromatic carbocycles. The molecular formula is C10H16N4O4. The van der Waals surface area contributed by atoms with E-state index in [0.29, 0.717) is 12.1 Å². The predicted molar refractivity (Wildman–Crippen MR) is 62.9 cm³/mol. The van der Waals surface area contributed by atoms with E-state index in [9.17, 15) is 9.59 Å². The number of carboxylic acid groups (broad SMARTS) is 1. The van der Waals surface area contributed by atoms with E-state index in [0.717, 1.165) is 0 Å². The van der Waals surface area contributed by atoms with Crippen LogP contribution in [-0.2, 0) is 11.3 Å². The number of carboxylic acids is 1. The number of aliphatic hydroxyl groups is 1. The van der Waals surface area contributed by atoms with Crippen LogP contribution in [0, 0.1) is 6.92 Å². The molecule has 8 heteroatoms. The zero-order valence-corrected chi connectivity index (χ0v) is 10.3. The van der Waals surface area contributed by atoms with Gasteiger partial charge in [0.2, 0.25) is 0 Å². The Morgan fingerprint density at radius 2 is 2.22 bits per heavy atom. The van der Waals surface area contributed by atoms with E-state index in [1.54, 1.807) is 6.92 Å². The number of H-pyrrole nitrogens is 1. The average molecular weight is 256 g/mol. The fraction of sp³-hybridized carbons (Fsp3) is 0.600. The Hall–Kier alpha value is -1.96. The number of carbonyl (C=O) groups is 1. The smallest absolute Gasteiger partial charge is 0.303 e. The Bertz CT molecular complexity index is 500. The number of aromatic nitrogens is 2. The standard InChI is InChI=1S/C10H16N4O4/c1-6-9(12-11-7(2)15)10(18)14(13-6)5-3-4-8(16)17/h7,13,15H,3-5H2,1-2H3,(H,16,17). The molecule has 3 N–H and O–H groups in total. The van der Waals surface area contributed by atoms with Crippen molar-refractivity contribution in [3.05, 3.63) is 16.0 Å². The Morgan fingerprint density at radius 3 is 2.78 bits per heavy atom. The maximum absolute atomic E-state index is 11.8. The van der Waals surface area contributed by atoms with Crippen molar-refractivity contribution < 1.29 is 15.0 Å². The molecule has 18 heavy (non-hydrogen) atoms. The first kappa shape index (κ1) is 14.1. The topological polar surface area (TPSA) is 120 Å². The Balaban J connectivity index is 2.81. The summed E-state index contributed by atoms with van der Waals surface area (Å²) in [4.78, 5) is 22.2. The number of aromatic amines is 1. The normalized spacial score (nSPS) is 13.1. The molecule has 0 saturated carbocycles. The van der Waals surface area contributed by atoms with E-state index >= 15 is 0 Å². The molecule has 1 atom stereocenters. The lowest BCUT2D eigenvalue weighted by Crippen LogP contribution is -2.17. The van der Waals surface area contributed by atoms with Gasteiger partial charge in [0.15, 0.2) is 11.9 Å². The second-order valence-electron chi connectivity index (χ2n) is 3.89. The van der Waals surface area contributed by atoms with Gasteiger partial charge >= 0.3 is 5.97 Å². The number of aliphatic hydroxyl groups excluding tert-OH is 1. The Labute approximate surface area is 103 Å². The van der Waals surface area contributed by atoms with Gasteiger partial charge < -0.3 is 10.2 Å². The van der Waals surface area contributed by atoms with E-state index in [-0.39, 0.29) is 24.2 Å². The minimum Gasteiger partial charge on any atom is -0.481 e. The molecule has 0 bridgehead atoms. The highest BCUT2D eigenvalue weighted by Gasteiger charge is 2.10. The zero-order chi connectivity index (χ0) is 13.7. The predicted octanol–water partition coefficient (Wildman–Crippen LogP) is 0.772. The molecule has 0 radical (unpaired) electrons. The molecule has 1 heterocycles. The lowest BCUT2D eigenvalue weighted by Gasteiger charge is -1.98. The highest BCUT2D eigenvalue weighted by molar-refractivity contribution is 5.66. The van der Waals surface area contributed by atoms with Crippen molar-refractivity contribution in [3.8, 4) is 0 Å². The summed E-state index contributed by atoms with van der Waals surface area (Å²) in [5.74, 6) is -0.902. The molecule has 0 spiro atoms. The number of rotatable bonds is 6. The number of hydrogen-bond acceptors (Lipinski definition) is 5. The molecule has 1 aromatic heterocycles. The first-order valence-electron chi connectivity index (χ1n) is 5.52. The SMILES string of the molecule is Cc1[nH]n(CCCC(=O)O)c(=O)c1N=NC(C)O. The first-order valence-corrected chi connectivity index (χ1v) is 5.52. The second kappa shape index (κ2) is 6.10. The van der Waals surface area contributed by atoms with Crippen LogP contribution in [0.1, 0.15) is 25.5 Å². The number of aryl methyl sites for hydroxylation is 2. The molecule has 1 aromatic rings. The fourth-order valence-electron chi connectivity index (χ4n) is 1.40. The average Bonchev–Trinajstić information content (AvgIpc) is 2.51. The van der Waals surface area contributed by atoms with Crippen molar-refractivity contribution in [2.45, 2.75) is 39.5 Å². The van der Waals surface area contributed by atoms with Gasteiger partial charge in [-0.15, -0.1) is 5.11 Å². The van der Waals surface area contributed by atoms with E-state index in [1.807, 2.05) is 0 Å². The van der Waals surface area contributed by atoms with E-state index in [4.69, 9.17) is 10.2 Å². The van der Waals surface area contributed by atoms with Gasteiger partial charge in [-0.2, -0.15) is 5.11 Å². The third-order valence-corrected chi connectivity index (χ3v) is 2.20. The third kappa shape index (κ3) is 3.81. The Morgan fingerprint density at radius 1 is 1.56 bits per heavy atom. The molecule has 0 aliphatic heterocycles. The van der Waals surface area contributed by atoms with Crippen LogP contribution in [0.5, 0.6) is 0 Å². The quantitative estimate of drug-likeness (QED) is 0.651. The van der Waals surface area contributed by atoms with Gasteiger partial charge in [0.25, 0.3) is 5.56 Å². The van der Waals surface area contributed by atoms with Crippen molar-refractivity contribution >= 4 is 11.7 Å². The highest BCUT2D eigenvalue weighted by Crippen LogP contribution is 2.11. The number of nitrogens with zero attached hydrogens (tertiary/aromatic N) is 3. The van der Waals surface area contributed by atoms with Crippen LogP contribution in [0.4, 0.5) is 5.69 Å². The van der Waals surface area contributed by atoms with Crippen molar-refractivity contribution in [1.29, 1.82) is 0 Å². The van der Waals surface area contributed by atoms with Crippen LogP contribution in [0.25, 0.3) is 0 Å². The lowest BCUT2D eigenvalue weighted by molar-refractivity contribution is -0.137. The first-order chi connectivity index (χ1) is 8.41. The van der Waals surface area contributed by atoms with Crippen LogP contribution in [0.2, 0.25) is 0 Å². The van der Waals surface area contributed by atoms with Crippen molar-refractivity contribution in [2.75, 3.05) is 0 Å². The van der Waals surface area contributed by atoms with E-state index < -0.39 is 12.2 Å².